The number of rotatable bonds is 2. The lowest BCUT2D eigenvalue weighted by molar-refractivity contribution is 0.0697. The van der Waals surface area contributed by atoms with Crippen LogP contribution in [0.4, 0.5) is 0 Å². The Balaban J connectivity index is 2.55. The van der Waals surface area contributed by atoms with E-state index in [0.29, 0.717) is 10.2 Å². The Morgan fingerprint density at radius 3 is 2.88 bits per heavy atom. The second-order valence-corrected chi connectivity index (χ2v) is 4.06. The molecule has 1 N–H and O–H groups in total. The second kappa shape index (κ2) is 4.39. The number of aromatic carboxylic acids is 1. The molecule has 0 aliphatic rings. The molecule has 2 rings (SSSR count). The molecule has 0 radical (unpaired) electrons. The fraction of sp³-hybridized carbons (Fsp3) is 0. The molecule has 6 heteroatoms. The van der Waals surface area contributed by atoms with Gasteiger partial charge in [-0.25, -0.2) is 9.78 Å². The highest BCUT2D eigenvalue weighted by molar-refractivity contribution is 9.10. The molecule has 0 saturated carbocycles. The predicted octanol–water partition coefficient (Wildman–Crippen LogP) is 2.20. The molecule has 0 saturated heterocycles. The first-order chi connectivity index (χ1) is 8.13. The van der Waals surface area contributed by atoms with Crippen molar-refractivity contribution in [3.05, 3.63) is 46.5 Å². The highest BCUT2D eigenvalue weighted by Gasteiger charge is 2.10. The topological polar surface area (TPSA) is 78.9 Å². The molecule has 1 aromatic heterocycles. The maximum atomic E-state index is 10.8. The standard InChI is InChI=1S/C11H6BrN3O2/c12-8-5-7(11(16)17)1-2-9(8)15-4-3-14-10(15)6-13/h1-5H,(H,16,17). The zero-order chi connectivity index (χ0) is 12.4. The summed E-state index contributed by atoms with van der Waals surface area (Å²) in [6.45, 7) is 0. The normalized spacial score (nSPS) is 9.88. The van der Waals surface area contributed by atoms with Crippen LogP contribution in [0.25, 0.3) is 5.69 Å². The molecule has 5 nitrogen and oxygen atoms in total. The Bertz CT molecular complexity index is 628. The summed E-state index contributed by atoms with van der Waals surface area (Å²) in [5.41, 5.74) is 0.850. The van der Waals surface area contributed by atoms with Gasteiger partial charge in [-0.05, 0) is 34.1 Å². The number of hydrogen-bond donors (Lipinski definition) is 1. The summed E-state index contributed by atoms with van der Waals surface area (Å²) >= 11 is 3.28. The summed E-state index contributed by atoms with van der Waals surface area (Å²) in [4.78, 5) is 14.7. The number of halogens is 1. The number of hydrogen-bond acceptors (Lipinski definition) is 3. The molecule has 0 aliphatic heterocycles. The minimum absolute atomic E-state index is 0.180. The summed E-state index contributed by atoms with van der Waals surface area (Å²) in [6.07, 6.45) is 3.15. The van der Waals surface area contributed by atoms with E-state index in [4.69, 9.17) is 10.4 Å². The van der Waals surface area contributed by atoms with Crippen LogP contribution in [0.15, 0.2) is 35.1 Å². The number of nitriles is 1. The number of imidazole rings is 1. The van der Waals surface area contributed by atoms with Crippen molar-refractivity contribution < 1.29 is 9.90 Å². The van der Waals surface area contributed by atoms with Crippen LogP contribution in [0.1, 0.15) is 16.2 Å². The molecule has 0 fully saturated rings. The highest BCUT2D eigenvalue weighted by Crippen LogP contribution is 2.23. The van der Waals surface area contributed by atoms with Crippen molar-refractivity contribution in [2.45, 2.75) is 0 Å². The molecule has 1 aromatic carbocycles. The van der Waals surface area contributed by atoms with Crippen molar-refractivity contribution in [1.29, 1.82) is 5.26 Å². The summed E-state index contributed by atoms with van der Waals surface area (Å²) in [7, 11) is 0. The first-order valence-corrected chi connectivity index (χ1v) is 5.39. The minimum atomic E-state index is -0.997. The van der Waals surface area contributed by atoms with Crippen LogP contribution in [-0.2, 0) is 0 Å². The van der Waals surface area contributed by atoms with Gasteiger partial charge in [0.2, 0.25) is 5.82 Å². The van der Waals surface area contributed by atoms with E-state index in [-0.39, 0.29) is 11.4 Å². The molecule has 2 aromatic rings. The molecule has 17 heavy (non-hydrogen) atoms. The maximum Gasteiger partial charge on any atom is 0.335 e. The zero-order valence-corrected chi connectivity index (χ0v) is 10.0. The molecule has 0 spiro atoms. The fourth-order valence-electron chi connectivity index (χ4n) is 1.42. The van der Waals surface area contributed by atoms with Gasteiger partial charge in [-0.15, -0.1) is 0 Å². The number of carboxylic acid groups (broad SMARTS) is 1. The van der Waals surface area contributed by atoms with Gasteiger partial charge < -0.3 is 5.11 Å². The summed E-state index contributed by atoms with van der Waals surface area (Å²) < 4.78 is 2.17. The Hall–Kier alpha value is -2.13. The third-order valence-corrected chi connectivity index (χ3v) is 2.83. The average molecular weight is 292 g/mol. The van der Waals surface area contributed by atoms with E-state index in [9.17, 15) is 4.79 Å². The summed E-state index contributed by atoms with van der Waals surface area (Å²) in [5.74, 6) is -0.753. The lowest BCUT2D eigenvalue weighted by Crippen LogP contribution is -2.01. The van der Waals surface area contributed by atoms with Crippen LogP contribution in [0.3, 0.4) is 0 Å². The molecule has 0 bridgehead atoms. The predicted molar refractivity (Wildman–Crippen MR) is 62.9 cm³/mol. The van der Waals surface area contributed by atoms with Gasteiger partial charge in [0, 0.05) is 16.9 Å². The van der Waals surface area contributed by atoms with Crippen molar-refractivity contribution in [3.8, 4) is 11.8 Å². The molecular weight excluding hydrogens is 286 g/mol. The van der Waals surface area contributed by atoms with E-state index >= 15 is 0 Å². The monoisotopic (exact) mass is 291 g/mol. The number of benzene rings is 1. The van der Waals surface area contributed by atoms with Crippen LogP contribution < -0.4 is 0 Å². The van der Waals surface area contributed by atoms with Gasteiger partial charge in [-0.3, -0.25) is 4.57 Å². The maximum absolute atomic E-state index is 10.8. The average Bonchev–Trinajstić information content (AvgIpc) is 2.76. The van der Waals surface area contributed by atoms with E-state index in [1.807, 2.05) is 6.07 Å². The number of carboxylic acids is 1. The van der Waals surface area contributed by atoms with Gasteiger partial charge in [-0.1, -0.05) is 0 Å². The fourth-order valence-corrected chi connectivity index (χ4v) is 1.99. The molecule has 84 valence electrons. The van der Waals surface area contributed by atoms with E-state index in [2.05, 4.69) is 20.9 Å². The van der Waals surface area contributed by atoms with E-state index in [0.717, 1.165) is 0 Å². The quantitative estimate of drug-likeness (QED) is 0.920. The van der Waals surface area contributed by atoms with Crippen molar-refractivity contribution >= 4 is 21.9 Å². The first-order valence-electron chi connectivity index (χ1n) is 4.60. The van der Waals surface area contributed by atoms with Gasteiger partial charge >= 0.3 is 5.97 Å². The third kappa shape index (κ3) is 2.05. The van der Waals surface area contributed by atoms with Gasteiger partial charge in [0.05, 0.1) is 11.3 Å². The number of aromatic nitrogens is 2. The van der Waals surface area contributed by atoms with Crippen LogP contribution >= 0.6 is 15.9 Å². The third-order valence-electron chi connectivity index (χ3n) is 2.19. The Morgan fingerprint density at radius 2 is 2.29 bits per heavy atom. The van der Waals surface area contributed by atoms with Crippen LogP contribution in [-0.4, -0.2) is 20.6 Å². The van der Waals surface area contributed by atoms with Crippen LogP contribution in [0, 0.1) is 11.3 Å². The molecule has 1 heterocycles. The molecule has 0 unspecified atom stereocenters. The van der Waals surface area contributed by atoms with Gasteiger partial charge in [-0.2, -0.15) is 5.26 Å². The first kappa shape index (κ1) is 11.4. The lowest BCUT2D eigenvalue weighted by Gasteiger charge is -2.07. The summed E-state index contributed by atoms with van der Waals surface area (Å²) in [6, 6.07) is 6.54. The van der Waals surface area contributed by atoms with Crippen molar-refractivity contribution in [2.75, 3.05) is 0 Å². The number of nitrogens with zero attached hydrogens (tertiary/aromatic N) is 3. The van der Waals surface area contributed by atoms with Gasteiger partial charge in [0.25, 0.3) is 0 Å². The minimum Gasteiger partial charge on any atom is -0.478 e. The SMILES string of the molecule is N#Cc1nccn1-c1ccc(C(=O)O)cc1Br. The number of carbonyl (C=O) groups is 1. The summed E-state index contributed by atoms with van der Waals surface area (Å²) in [5, 5.41) is 17.7. The van der Waals surface area contributed by atoms with Crippen molar-refractivity contribution in [2.24, 2.45) is 0 Å². The van der Waals surface area contributed by atoms with Crippen molar-refractivity contribution in [1.82, 2.24) is 9.55 Å². The van der Waals surface area contributed by atoms with E-state index < -0.39 is 5.97 Å². The Morgan fingerprint density at radius 1 is 1.53 bits per heavy atom. The lowest BCUT2D eigenvalue weighted by atomic mass is 10.2. The highest BCUT2D eigenvalue weighted by atomic mass is 79.9. The Labute approximate surface area is 105 Å². The van der Waals surface area contributed by atoms with E-state index in [1.165, 1.54) is 18.3 Å². The molecular formula is C11H6BrN3O2. The van der Waals surface area contributed by atoms with Crippen LogP contribution in [0.2, 0.25) is 0 Å². The van der Waals surface area contributed by atoms with Crippen LogP contribution in [0.5, 0.6) is 0 Å². The molecule has 0 amide bonds. The van der Waals surface area contributed by atoms with Gasteiger partial charge in [0.15, 0.2) is 0 Å². The second-order valence-electron chi connectivity index (χ2n) is 3.20. The molecule has 0 aliphatic carbocycles. The smallest absolute Gasteiger partial charge is 0.335 e. The van der Waals surface area contributed by atoms with Gasteiger partial charge in [0.1, 0.15) is 6.07 Å². The zero-order valence-electron chi connectivity index (χ0n) is 8.46. The van der Waals surface area contributed by atoms with Crippen molar-refractivity contribution in [3.63, 3.8) is 0 Å². The molecule has 0 atom stereocenters. The Kier molecular flexibility index (Phi) is 2.93. The largest absolute Gasteiger partial charge is 0.478 e. The van der Waals surface area contributed by atoms with E-state index in [1.54, 1.807) is 16.8 Å².